The van der Waals surface area contributed by atoms with Crippen LogP contribution in [0.1, 0.15) is 6.92 Å². The van der Waals surface area contributed by atoms with Gasteiger partial charge in [-0.15, -0.1) is 10.2 Å². The molecular formula is C17H13ClN4O. The fourth-order valence-corrected chi connectivity index (χ4v) is 2.70. The highest BCUT2D eigenvalue weighted by Gasteiger charge is 2.16. The monoisotopic (exact) mass is 324 g/mol. The summed E-state index contributed by atoms with van der Waals surface area (Å²) in [5, 5.41) is 9.30. The largest absolute Gasteiger partial charge is 0.475 e. The van der Waals surface area contributed by atoms with Crippen LogP contribution in [-0.2, 0) is 0 Å². The average molecular weight is 325 g/mol. The lowest BCUT2D eigenvalue weighted by atomic mass is 10.2. The first-order chi connectivity index (χ1) is 11.3. The zero-order valence-electron chi connectivity index (χ0n) is 12.4. The van der Waals surface area contributed by atoms with Gasteiger partial charge in [0.05, 0.1) is 17.6 Å². The summed E-state index contributed by atoms with van der Waals surface area (Å²) < 4.78 is 7.61. The Bertz CT molecular complexity index is 995. The van der Waals surface area contributed by atoms with E-state index in [4.69, 9.17) is 16.3 Å². The van der Waals surface area contributed by atoms with E-state index in [1.54, 1.807) is 0 Å². The normalized spacial score (nSPS) is 11.2. The van der Waals surface area contributed by atoms with E-state index < -0.39 is 0 Å². The molecule has 5 nitrogen and oxygen atoms in total. The first-order valence-electron chi connectivity index (χ1n) is 7.30. The first kappa shape index (κ1) is 14.0. The van der Waals surface area contributed by atoms with Gasteiger partial charge < -0.3 is 4.74 Å². The van der Waals surface area contributed by atoms with E-state index in [2.05, 4.69) is 15.2 Å². The Morgan fingerprint density at radius 2 is 1.83 bits per heavy atom. The first-order valence-corrected chi connectivity index (χ1v) is 7.68. The number of rotatable bonds is 3. The molecule has 4 rings (SSSR count). The summed E-state index contributed by atoms with van der Waals surface area (Å²) in [6.45, 7) is 2.44. The van der Waals surface area contributed by atoms with Crippen molar-refractivity contribution < 1.29 is 4.74 Å². The van der Waals surface area contributed by atoms with Crippen molar-refractivity contribution in [1.82, 2.24) is 19.6 Å². The Hall–Kier alpha value is -2.66. The molecule has 0 amide bonds. The SMILES string of the molecule is CCOc1nc2ccccc2n2c(-c3ccc(Cl)cc3)nnc12. The van der Waals surface area contributed by atoms with Gasteiger partial charge in [0.2, 0.25) is 5.65 Å². The Labute approximate surface area is 137 Å². The van der Waals surface area contributed by atoms with Crippen molar-refractivity contribution in [3.63, 3.8) is 0 Å². The molecule has 0 aliphatic heterocycles. The Kier molecular flexibility index (Phi) is 3.35. The zero-order valence-corrected chi connectivity index (χ0v) is 13.2. The highest BCUT2D eigenvalue weighted by Crippen LogP contribution is 2.28. The number of hydrogen-bond donors (Lipinski definition) is 0. The third-order valence-corrected chi connectivity index (χ3v) is 3.83. The molecule has 0 spiro atoms. The Balaban J connectivity index is 2.08. The molecule has 23 heavy (non-hydrogen) atoms. The van der Waals surface area contributed by atoms with Crippen LogP contribution in [0, 0.1) is 0 Å². The molecule has 0 atom stereocenters. The Morgan fingerprint density at radius 1 is 1.04 bits per heavy atom. The third-order valence-electron chi connectivity index (χ3n) is 3.58. The van der Waals surface area contributed by atoms with E-state index in [1.165, 1.54) is 0 Å². The standard InChI is InChI=1S/C17H13ClN4O/c1-2-23-17-16-21-20-15(11-7-9-12(18)10-8-11)22(16)14-6-4-3-5-13(14)19-17/h3-10H,2H2,1H3. The molecule has 2 aromatic carbocycles. The van der Waals surface area contributed by atoms with Gasteiger partial charge in [-0.25, -0.2) is 4.98 Å². The predicted molar refractivity (Wildman–Crippen MR) is 89.9 cm³/mol. The quantitative estimate of drug-likeness (QED) is 0.571. The minimum Gasteiger partial charge on any atom is -0.475 e. The van der Waals surface area contributed by atoms with E-state index in [-0.39, 0.29) is 0 Å². The van der Waals surface area contributed by atoms with Gasteiger partial charge in [-0.05, 0) is 43.3 Å². The summed E-state index contributed by atoms with van der Waals surface area (Å²) in [6, 6.07) is 15.4. The average Bonchev–Trinajstić information content (AvgIpc) is 3.01. The van der Waals surface area contributed by atoms with Gasteiger partial charge in [0.1, 0.15) is 0 Å². The molecule has 4 aromatic rings. The fourth-order valence-electron chi connectivity index (χ4n) is 2.58. The molecule has 0 bridgehead atoms. The van der Waals surface area contributed by atoms with Crippen LogP contribution in [0.3, 0.4) is 0 Å². The van der Waals surface area contributed by atoms with Gasteiger partial charge in [0.25, 0.3) is 5.88 Å². The second-order valence-electron chi connectivity index (χ2n) is 5.03. The molecule has 114 valence electrons. The van der Waals surface area contributed by atoms with Crippen LogP contribution in [0.25, 0.3) is 28.1 Å². The van der Waals surface area contributed by atoms with Crippen LogP contribution < -0.4 is 4.74 Å². The lowest BCUT2D eigenvalue weighted by Gasteiger charge is -2.08. The van der Waals surface area contributed by atoms with Gasteiger partial charge in [-0.1, -0.05) is 23.7 Å². The van der Waals surface area contributed by atoms with Crippen LogP contribution >= 0.6 is 11.6 Å². The highest BCUT2D eigenvalue weighted by molar-refractivity contribution is 6.30. The van der Waals surface area contributed by atoms with Crippen molar-refractivity contribution >= 4 is 28.3 Å². The van der Waals surface area contributed by atoms with Crippen molar-refractivity contribution in [3.05, 3.63) is 53.6 Å². The number of fused-ring (bicyclic) bond motifs is 3. The molecule has 0 N–H and O–H groups in total. The van der Waals surface area contributed by atoms with Gasteiger partial charge in [-0.2, -0.15) is 0 Å². The number of halogens is 1. The van der Waals surface area contributed by atoms with E-state index in [0.29, 0.717) is 23.2 Å². The highest BCUT2D eigenvalue weighted by atomic mass is 35.5. The number of hydrogen-bond acceptors (Lipinski definition) is 4. The molecule has 0 aliphatic carbocycles. The van der Waals surface area contributed by atoms with Crippen molar-refractivity contribution in [2.24, 2.45) is 0 Å². The second-order valence-corrected chi connectivity index (χ2v) is 5.46. The minimum absolute atomic E-state index is 0.485. The summed E-state index contributed by atoms with van der Waals surface area (Å²) >= 11 is 5.98. The van der Waals surface area contributed by atoms with Crippen molar-refractivity contribution in [2.45, 2.75) is 6.92 Å². The zero-order chi connectivity index (χ0) is 15.8. The molecule has 0 saturated heterocycles. The molecule has 2 aromatic heterocycles. The number of para-hydroxylation sites is 2. The van der Waals surface area contributed by atoms with Crippen LogP contribution in [0.2, 0.25) is 5.02 Å². The van der Waals surface area contributed by atoms with Gasteiger partial charge in [0, 0.05) is 10.6 Å². The molecule has 0 fully saturated rings. The molecular weight excluding hydrogens is 312 g/mol. The van der Waals surface area contributed by atoms with Gasteiger partial charge >= 0.3 is 0 Å². The van der Waals surface area contributed by atoms with Crippen LogP contribution in [0.5, 0.6) is 5.88 Å². The lowest BCUT2D eigenvalue weighted by Crippen LogP contribution is -2.01. The lowest BCUT2D eigenvalue weighted by molar-refractivity contribution is 0.330. The van der Waals surface area contributed by atoms with Gasteiger partial charge in [0.15, 0.2) is 5.82 Å². The van der Waals surface area contributed by atoms with E-state index >= 15 is 0 Å². The third kappa shape index (κ3) is 2.29. The van der Waals surface area contributed by atoms with Crippen molar-refractivity contribution in [3.8, 4) is 17.3 Å². The van der Waals surface area contributed by atoms with Crippen LogP contribution in [-0.4, -0.2) is 26.2 Å². The van der Waals surface area contributed by atoms with Crippen molar-refractivity contribution in [1.29, 1.82) is 0 Å². The summed E-state index contributed by atoms with van der Waals surface area (Å²) in [4.78, 5) is 4.55. The Morgan fingerprint density at radius 3 is 2.61 bits per heavy atom. The molecule has 0 aliphatic rings. The van der Waals surface area contributed by atoms with E-state index in [9.17, 15) is 0 Å². The number of ether oxygens (including phenoxy) is 1. The molecule has 6 heteroatoms. The number of aromatic nitrogens is 4. The van der Waals surface area contributed by atoms with Crippen molar-refractivity contribution in [2.75, 3.05) is 6.61 Å². The molecule has 0 radical (unpaired) electrons. The fraction of sp³-hybridized carbons (Fsp3) is 0.118. The summed E-state index contributed by atoms with van der Waals surface area (Å²) in [5.74, 6) is 1.22. The topological polar surface area (TPSA) is 52.3 Å². The maximum atomic E-state index is 5.98. The summed E-state index contributed by atoms with van der Waals surface area (Å²) in [6.07, 6.45) is 0. The van der Waals surface area contributed by atoms with Crippen LogP contribution in [0.4, 0.5) is 0 Å². The molecule has 2 heterocycles. The molecule has 0 unspecified atom stereocenters. The van der Waals surface area contributed by atoms with Crippen LogP contribution in [0.15, 0.2) is 48.5 Å². The maximum absolute atomic E-state index is 5.98. The number of benzene rings is 2. The number of nitrogens with zero attached hydrogens (tertiary/aromatic N) is 4. The second kappa shape index (κ2) is 5.52. The molecule has 0 saturated carbocycles. The smallest absolute Gasteiger partial charge is 0.260 e. The predicted octanol–water partition coefficient (Wildman–Crippen LogP) is 4.00. The van der Waals surface area contributed by atoms with E-state index in [1.807, 2.05) is 59.9 Å². The summed E-state index contributed by atoms with van der Waals surface area (Å²) in [7, 11) is 0. The van der Waals surface area contributed by atoms with Gasteiger partial charge in [-0.3, -0.25) is 4.40 Å². The minimum atomic E-state index is 0.485. The van der Waals surface area contributed by atoms with E-state index in [0.717, 1.165) is 22.4 Å². The summed E-state index contributed by atoms with van der Waals surface area (Å²) in [5.41, 5.74) is 3.30. The maximum Gasteiger partial charge on any atom is 0.260 e.